The van der Waals surface area contributed by atoms with Crippen molar-refractivity contribution in [3.63, 3.8) is 0 Å². The molecule has 7 heteroatoms. The molecule has 0 bridgehead atoms. The molecule has 1 fully saturated rings. The van der Waals surface area contributed by atoms with Crippen LogP contribution in [0.1, 0.15) is 23.2 Å². The van der Waals surface area contributed by atoms with Crippen molar-refractivity contribution in [3.8, 4) is 0 Å². The summed E-state index contributed by atoms with van der Waals surface area (Å²) >= 11 is 3.36. The van der Waals surface area contributed by atoms with Crippen molar-refractivity contribution in [1.29, 1.82) is 0 Å². The molecular formula is C20H21BrFN3O2. The Hall–Kier alpha value is -2.41. The van der Waals surface area contributed by atoms with Crippen LogP contribution in [0, 0.1) is 11.7 Å². The second-order valence-corrected chi connectivity index (χ2v) is 7.50. The maximum atomic E-state index is 12.9. The quantitative estimate of drug-likeness (QED) is 0.756. The highest BCUT2D eigenvalue weighted by molar-refractivity contribution is 9.10. The topological polar surface area (TPSA) is 61.4 Å². The van der Waals surface area contributed by atoms with Crippen molar-refractivity contribution in [2.24, 2.45) is 5.92 Å². The van der Waals surface area contributed by atoms with Crippen LogP contribution in [0.3, 0.4) is 0 Å². The molecule has 0 aromatic heterocycles. The first kappa shape index (κ1) is 19.4. The van der Waals surface area contributed by atoms with Crippen LogP contribution in [-0.2, 0) is 0 Å². The Morgan fingerprint density at radius 3 is 2.48 bits per heavy atom. The lowest BCUT2D eigenvalue weighted by molar-refractivity contribution is 0.0938. The minimum absolute atomic E-state index is 0.0900. The first-order valence-electron chi connectivity index (χ1n) is 8.86. The lowest BCUT2D eigenvalue weighted by Crippen LogP contribution is -2.43. The number of likely N-dealkylation sites (tertiary alicyclic amines) is 1. The number of halogens is 2. The number of carbonyl (C=O) groups is 2. The van der Waals surface area contributed by atoms with Gasteiger partial charge in [-0.1, -0.05) is 22.0 Å². The van der Waals surface area contributed by atoms with Crippen LogP contribution in [0.25, 0.3) is 0 Å². The highest BCUT2D eigenvalue weighted by Crippen LogP contribution is 2.18. The van der Waals surface area contributed by atoms with E-state index in [1.807, 2.05) is 12.1 Å². The zero-order chi connectivity index (χ0) is 19.2. The predicted octanol–water partition coefficient (Wildman–Crippen LogP) is 4.26. The average Bonchev–Trinajstić information content (AvgIpc) is 2.68. The number of hydrogen-bond acceptors (Lipinski definition) is 2. The second kappa shape index (κ2) is 8.99. The Kier molecular flexibility index (Phi) is 6.45. The Morgan fingerprint density at radius 2 is 1.81 bits per heavy atom. The lowest BCUT2D eigenvalue weighted by atomic mass is 9.97. The van der Waals surface area contributed by atoms with Crippen LogP contribution in [0.2, 0.25) is 0 Å². The molecule has 0 spiro atoms. The van der Waals surface area contributed by atoms with Crippen molar-refractivity contribution < 1.29 is 14.0 Å². The van der Waals surface area contributed by atoms with Gasteiger partial charge in [-0.15, -0.1) is 0 Å². The fraction of sp³-hybridized carbons (Fsp3) is 0.300. The van der Waals surface area contributed by atoms with Gasteiger partial charge in [0, 0.05) is 35.4 Å². The summed E-state index contributed by atoms with van der Waals surface area (Å²) in [6.07, 6.45) is 1.66. The summed E-state index contributed by atoms with van der Waals surface area (Å²) in [5.41, 5.74) is 1.20. The van der Waals surface area contributed by atoms with Crippen LogP contribution >= 0.6 is 15.9 Å². The monoisotopic (exact) mass is 433 g/mol. The first-order chi connectivity index (χ1) is 13.0. The van der Waals surface area contributed by atoms with E-state index < -0.39 is 0 Å². The SMILES string of the molecule is O=C(NCC1CCN(C(=O)Nc2ccc(F)cc2)CC1)c1cccc(Br)c1. The molecule has 2 N–H and O–H groups in total. The van der Waals surface area contributed by atoms with Crippen LogP contribution in [0.4, 0.5) is 14.9 Å². The van der Waals surface area contributed by atoms with Gasteiger partial charge in [-0.3, -0.25) is 4.79 Å². The number of carbonyl (C=O) groups excluding carboxylic acids is 2. The van der Waals surface area contributed by atoms with Crippen LogP contribution in [-0.4, -0.2) is 36.5 Å². The van der Waals surface area contributed by atoms with E-state index in [0.29, 0.717) is 36.8 Å². The Morgan fingerprint density at radius 1 is 1.11 bits per heavy atom. The smallest absolute Gasteiger partial charge is 0.321 e. The van der Waals surface area contributed by atoms with E-state index in [2.05, 4.69) is 26.6 Å². The summed E-state index contributed by atoms with van der Waals surface area (Å²) in [6, 6.07) is 12.8. The van der Waals surface area contributed by atoms with Crippen LogP contribution in [0.15, 0.2) is 53.0 Å². The Labute approximate surface area is 166 Å². The minimum atomic E-state index is -0.335. The van der Waals surface area contributed by atoms with Crippen LogP contribution < -0.4 is 10.6 Å². The molecule has 5 nitrogen and oxygen atoms in total. The van der Waals surface area contributed by atoms with Crippen LogP contribution in [0.5, 0.6) is 0 Å². The molecule has 2 aromatic carbocycles. The summed E-state index contributed by atoms with van der Waals surface area (Å²) in [7, 11) is 0. The van der Waals surface area contributed by atoms with Gasteiger partial charge in [-0.2, -0.15) is 0 Å². The van der Waals surface area contributed by atoms with Gasteiger partial charge in [0.15, 0.2) is 0 Å². The molecule has 27 heavy (non-hydrogen) atoms. The van der Waals surface area contributed by atoms with E-state index in [1.165, 1.54) is 24.3 Å². The number of hydrogen-bond donors (Lipinski definition) is 2. The maximum absolute atomic E-state index is 12.9. The van der Waals surface area contributed by atoms with Gasteiger partial charge >= 0.3 is 6.03 Å². The zero-order valence-corrected chi connectivity index (χ0v) is 16.3. The molecular weight excluding hydrogens is 413 g/mol. The van der Waals surface area contributed by atoms with Crippen molar-refractivity contribution in [2.75, 3.05) is 25.0 Å². The molecule has 142 valence electrons. The molecule has 0 saturated carbocycles. The summed E-state index contributed by atoms with van der Waals surface area (Å²) in [5.74, 6) is -0.0810. The minimum Gasteiger partial charge on any atom is -0.352 e. The first-order valence-corrected chi connectivity index (χ1v) is 9.66. The molecule has 0 unspecified atom stereocenters. The number of benzene rings is 2. The molecule has 3 amide bonds. The zero-order valence-electron chi connectivity index (χ0n) is 14.8. The number of amides is 3. The van der Waals surface area contributed by atoms with Gasteiger partial charge in [0.2, 0.25) is 0 Å². The molecule has 1 heterocycles. The molecule has 0 atom stereocenters. The number of piperidine rings is 1. The maximum Gasteiger partial charge on any atom is 0.321 e. The van der Waals surface area contributed by atoms with Gasteiger partial charge in [0.25, 0.3) is 5.91 Å². The number of rotatable bonds is 4. The number of nitrogens with zero attached hydrogens (tertiary/aromatic N) is 1. The fourth-order valence-electron chi connectivity index (χ4n) is 3.04. The fourth-order valence-corrected chi connectivity index (χ4v) is 3.44. The van der Waals surface area contributed by atoms with E-state index in [4.69, 9.17) is 0 Å². The molecule has 0 aliphatic carbocycles. The largest absolute Gasteiger partial charge is 0.352 e. The molecule has 3 rings (SSSR count). The van der Waals surface area contributed by atoms with Gasteiger partial charge in [0.05, 0.1) is 0 Å². The third-order valence-electron chi connectivity index (χ3n) is 4.64. The summed E-state index contributed by atoms with van der Waals surface area (Å²) < 4.78 is 13.8. The predicted molar refractivity (Wildman–Crippen MR) is 106 cm³/mol. The molecule has 0 radical (unpaired) electrons. The Bertz CT molecular complexity index is 805. The average molecular weight is 434 g/mol. The molecule has 1 saturated heterocycles. The summed E-state index contributed by atoms with van der Waals surface area (Å²) in [5, 5.41) is 5.75. The van der Waals surface area contributed by atoms with E-state index in [-0.39, 0.29) is 17.8 Å². The Balaban J connectivity index is 1.42. The highest BCUT2D eigenvalue weighted by atomic mass is 79.9. The van der Waals surface area contributed by atoms with Crippen molar-refractivity contribution in [1.82, 2.24) is 10.2 Å². The van der Waals surface area contributed by atoms with Crippen molar-refractivity contribution in [3.05, 3.63) is 64.4 Å². The van der Waals surface area contributed by atoms with Gasteiger partial charge in [-0.05, 0) is 61.2 Å². The third kappa shape index (κ3) is 5.53. The van der Waals surface area contributed by atoms with E-state index >= 15 is 0 Å². The van der Waals surface area contributed by atoms with Gasteiger partial charge < -0.3 is 15.5 Å². The molecule has 2 aromatic rings. The third-order valence-corrected chi connectivity index (χ3v) is 5.13. The highest BCUT2D eigenvalue weighted by Gasteiger charge is 2.23. The summed E-state index contributed by atoms with van der Waals surface area (Å²) in [6.45, 7) is 1.85. The number of urea groups is 1. The van der Waals surface area contributed by atoms with Gasteiger partial charge in [0.1, 0.15) is 5.82 Å². The number of anilines is 1. The molecule has 1 aliphatic heterocycles. The van der Waals surface area contributed by atoms with E-state index in [0.717, 1.165) is 17.3 Å². The standard InChI is InChI=1S/C20H21BrFN3O2/c21-16-3-1-2-15(12-16)19(26)23-13-14-8-10-25(11-9-14)20(27)24-18-6-4-17(22)5-7-18/h1-7,12,14H,8-11,13H2,(H,23,26)(H,24,27). The second-order valence-electron chi connectivity index (χ2n) is 6.59. The van der Waals surface area contributed by atoms with Crippen molar-refractivity contribution >= 4 is 33.6 Å². The summed E-state index contributed by atoms with van der Waals surface area (Å²) in [4.78, 5) is 26.2. The van der Waals surface area contributed by atoms with E-state index in [9.17, 15) is 14.0 Å². The normalized spacial score (nSPS) is 14.7. The molecule has 1 aliphatic rings. The number of nitrogens with one attached hydrogen (secondary N) is 2. The van der Waals surface area contributed by atoms with Crippen molar-refractivity contribution in [2.45, 2.75) is 12.8 Å². The lowest BCUT2D eigenvalue weighted by Gasteiger charge is -2.32. The van der Waals surface area contributed by atoms with Gasteiger partial charge in [-0.25, -0.2) is 9.18 Å². The van der Waals surface area contributed by atoms with E-state index in [1.54, 1.807) is 17.0 Å².